The molecule has 2 aliphatic heterocycles. The lowest BCUT2D eigenvalue weighted by molar-refractivity contribution is -0.138. The molecule has 0 N–H and O–H groups in total. The molecule has 6 rings (SSSR count). The Labute approximate surface area is 241 Å². The van der Waals surface area contributed by atoms with Crippen molar-refractivity contribution in [2.24, 2.45) is 4.99 Å². The number of aromatic nitrogens is 1. The highest BCUT2D eigenvalue weighted by Gasteiger charge is 2.36. The van der Waals surface area contributed by atoms with Gasteiger partial charge in [-0.15, -0.1) is 0 Å². The summed E-state index contributed by atoms with van der Waals surface area (Å²) in [6.07, 6.45) is 1.78. The van der Waals surface area contributed by atoms with Gasteiger partial charge in [0.25, 0.3) is 5.56 Å². The second-order valence-electron chi connectivity index (χ2n) is 8.93. The van der Waals surface area contributed by atoms with Crippen LogP contribution in [0.5, 0.6) is 17.2 Å². The molecular weight excluding hydrogens is 596 g/mol. The van der Waals surface area contributed by atoms with E-state index in [1.54, 1.807) is 36.8 Å². The fourth-order valence-electron chi connectivity index (χ4n) is 4.80. The van der Waals surface area contributed by atoms with Crippen molar-refractivity contribution in [3.63, 3.8) is 0 Å². The molecule has 10 heteroatoms. The fourth-order valence-corrected chi connectivity index (χ4v) is 6.17. The number of methoxy groups -OCH3 is 1. The highest BCUT2D eigenvalue weighted by atomic mass is 79.9. The maximum Gasteiger partial charge on any atom is 0.338 e. The summed E-state index contributed by atoms with van der Waals surface area (Å²) in [5, 5.41) is 0. The van der Waals surface area contributed by atoms with Gasteiger partial charge in [0.15, 0.2) is 16.3 Å². The standard InChI is InChI=1S/C30H23BrN2O6S/c1-3-37-29(35)25-26(17-7-5-4-6-8-17)32-30-33(27(25)18-9-11-22-23(14-18)39-16-38-22)28(34)24(40-30)15-19-13-20(31)10-12-21(19)36-2/h4-15,27H,3,16H2,1-2H3/b24-15-/t27-/m1/s1. The average Bonchev–Trinajstić information content (AvgIpc) is 3.56. The van der Waals surface area contributed by atoms with Crippen LogP contribution in [0.25, 0.3) is 11.8 Å². The van der Waals surface area contributed by atoms with E-state index in [2.05, 4.69) is 15.9 Å². The molecule has 4 aromatic rings. The molecule has 0 saturated carbocycles. The van der Waals surface area contributed by atoms with Gasteiger partial charge in [0, 0.05) is 15.6 Å². The van der Waals surface area contributed by atoms with Crippen LogP contribution in [0.15, 0.2) is 86.6 Å². The van der Waals surface area contributed by atoms with Gasteiger partial charge in [0.2, 0.25) is 6.79 Å². The molecule has 202 valence electrons. The molecular formula is C30H23BrN2O6S. The zero-order valence-electron chi connectivity index (χ0n) is 21.5. The van der Waals surface area contributed by atoms with E-state index in [1.165, 1.54) is 11.3 Å². The van der Waals surface area contributed by atoms with Crippen molar-refractivity contribution in [1.82, 2.24) is 4.57 Å². The van der Waals surface area contributed by atoms with E-state index in [-0.39, 0.29) is 24.5 Å². The number of rotatable bonds is 6. The monoisotopic (exact) mass is 618 g/mol. The van der Waals surface area contributed by atoms with Gasteiger partial charge in [0.05, 0.1) is 35.6 Å². The van der Waals surface area contributed by atoms with Gasteiger partial charge >= 0.3 is 5.97 Å². The number of nitrogens with zero attached hydrogens (tertiary/aromatic N) is 2. The van der Waals surface area contributed by atoms with Gasteiger partial charge in [0.1, 0.15) is 5.75 Å². The van der Waals surface area contributed by atoms with Gasteiger partial charge < -0.3 is 18.9 Å². The second-order valence-corrected chi connectivity index (χ2v) is 10.9. The number of thiazole rings is 1. The van der Waals surface area contributed by atoms with Gasteiger partial charge in [-0.05, 0) is 48.9 Å². The average molecular weight is 619 g/mol. The molecule has 1 aromatic heterocycles. The number of carbonyl (C=O) groups excluding carboxylic acids is 1. The summed E-state index contributed by atoms with van der Waals surface area (Å²) in [6, 6.07) is 19.6. The van der Waals surface area contributed by atoms with Gasteiger partial charge in [-0.2, -0.15) is 0 Å². The number of carbonyl (C=O) groups is 1. The molecule has 3 heterocycles. The number of ether oxygens (including phenoxy) is 4. The topological polar surface area (TPSA) is 88.4 Å². The van der Waals surface area contributed by atoms with Crippen molar-refractivity contribution in [3.8, 4) is 17.2 Å². The smallest absolute Gasteiger partial charge is 0.338 e. The minimum atomic E-state index is -0.813. The van der Waals surface area contributed by atoms with Crippen molar-refractivity contribution in [1.29, 1.82) is 0 Å². The van der Waals surface area contributed by atoms with Crippen LogP contribution in [0.4, 0.5) is 0 Å². The van der Waals surface area contributed by atoms with Crippen LogP contribution >= 0.6 is 27.3 Å². The van der Waals surface area contributed by atoms with Crippen LogP contribution in [0, 0.1) is 0 Å². The molecule has 3 aromatic carbocycles. The summed E-state index contributed by atoms with van der Waals surface area (Å²) >= 11 is 4.74. The van der Waals surface area contributed by atoms with Crippen LogP contribution in [0.1, 0.15) is 29.7 Å². The number of hydrogen-bond acceptors (Lipinski definition) is 8. The summed E-state index contributed by atoms with van der Waals surface area (Å²) in [5.41, 5.74) is 2.57. The molecule has 0 unspecified atom stereocenters. The zero-order valence-corrected chi connectivity index (χ0v) is 24.0. The molecule has 0 saturated heterocycles. The molecule has 40 heavy (non-hydrogen) atoms. The zero-order chi connectivity index (χ0) is 27.8. The Bertz CT molecular complexity index is 1840. The maximum absolute atomic E-state index is 14.1. The lowest BCUT2D eigenvalue weighted by Gasteiger charge is -2.26. The first-order valence-electron chi connectivity index (χ1n) is 12.5. The second kappa shape index (κ2) is 10.8. The first kappa shape index (κ1) is 26.1. The van der Waals surface area contributed by atoms with Crippen LogP contribution in [-0.4, -0.2) is 31.0 Å². The van der Waals surface area contributed by atoms with Crippen molar-refractivity contribution in [2.75, 3.05) is 20.5 Å². The van der Waals surface area contributed by atoms with Gasteiger partial charge in [-0.25, -0.2) is 9.79 Å². The fraction of sp³-hybridized carbons (Fsp3) is 0.167. The Morgan fingerprint density at radius 1 is 1.12 bits per heavy atom. The SMILES string of the molecule is CCOC(=O)C1=C(c2ccccc2)N=c2s/c(=C\c3cc(Br)ccc3OC)c(=O)n2[C@@H]1c1ccc2c(c1)OCO2. The lowest BCUT2D eigenvalue weighted by Crippen LogP contribution is -2.40. The first-order chi connectivity index (χ1) is 19.5. The molecule has 1 atom stereocenters. The third-order valence-electron chi connectivity index (χ3n) is 6.56. The lowest BCUT2D eigenvalue weighted by atomic mass is 9.93. The van der Waals surface area contributed by atoms with Crippen molar-refractivity contribution < 1.29 is 23.7 Å². The van der Waals surface area contributed by atoms with Gasteiger partial charge in [-0.3, -0.25) is 9.36 Å². The van der Waals surface area contributed by atoms with E-state index in [0.29, 0.717) is 37.8 Å². The molecule has 0 radical (unpaired) electrons. The Hall–Kier alpha value is -4.15. The van der Waals surface area contributed by atoms with Crippen molar-refractivity contribution in [2.45, 2.75) is 13.0 Å². The Morgan fingerprint density at radius 3 is 2.70 bits per heavy atom. The van der Waals surface area contributed by atoms with E-state index in [9.17, 15) is 9.59 Å². The molecule has 0 aliphatic carbocycles. The number of benzene rings is 3. The molecule has 0 amide bonds. The normalized spacial score (nSPS) is 16.0. The van der Waals surface area contributed by atoms with E-state index in [4.69, 9.17) is 23.9 Å². The highest BCUT2D eigenvalue weighted by molar-refractivity contribution is 9.10. The third-order valence-corrected chi connectivity index (χ3v) is 8.04. The summed E-state index contributed by atoms with van der Waals surface area (Å²) in [5.74, 6) is 1.22. The maximum atomic E-state index is 14.1. The summed E-state index contributed by atoms with van der Waals surface area (Å²) < 4.78 is 25.0. The predicted octanol–water partition coefficient (Wildman–Crippen LogP) is 4.44. The minimum absolute atomic E-state index is 0.103. The van der Waals surface area contributed by atoms with Crippen LogP contribution in [0.3, 0.4) is 0 Å². The van der Waals surface area contributed by atoms with Crippen LogP contribution in [-0.2, 0) is 9.53 Å². The largest absolute Gasteiger partial charge is 0.496 e. The Kier molecular flexibility index (Phi) is 7.03. The number of halogens is 1. The Balaban J connectivity index is 1.66. The molecule has 0 fully saturated rings. The van der Waals surface area contributed by atoms with Crippen molar-refractivity contribution in [3.05, 3.63) is 113 Å². The van der Waals surface area contributed by atoms with Gasteiger partial charge in [-0.1, -0.05) is 63.7 Å². The quantitative estimate of drug-likeness (QED) is 0.297. The predicted molar refractivity (Wildman–Crippen MR) is 154 cm³/mol. The molecule has 0 bridgehead atoms. The van der Waals surface area contributed by atoms with E-state index in [0.717, 1.165) is 15.6 Å². The molecule has 0 spiro atoms. The minimum Gasteiger partial charge on any atom is -0.496 e. The van der Waals surface area contributed by atoms with Crippen LogP contribution < -0.4 is 29.1 Å². The summed E-state index contributed by atoms with van der Waals surface area (Å²) in [4.78, 5) is 33.0. The van der Waals surface area contributed by atoms with E-state index in [1.807, 2.05) is 54.6 Å². The third kappa shape index (κ3) is 4.63. The molecule has 2 aliphatic rings. The Morgan fingerprint density at radius 2 is 1.93 bits per heavy atom. The van der Waals surface area contributed by atoms with E-state index >= 15 is 0 Å². The number of hydrogen-bond donors (Lipinski definition) is 0. The summed E-state index contributed by atoms with van der Waals surface area (Å²) in [6.45, 7) is 2.02. The molecule has 8 nitrogen and oxygen atoms in total. The highest BCUT2D eigenvalue weighted by Crippen LogP contribution is 2.40. The van der Waals surface area contributed by atoms with Crippen molar-refractivity contribution >= 4 is 45.0 Å². The van der Waals surface area contributed by atoms with Crippen LogP contribution in [0.2, 0.25) is 0 Å². The first-order valence-corrected chi connectivity index (χ1v) is 14.1. The van der Waals surface area contributed by atoms with E-state index < -0.39 is 12.0 Å². The number of fused-ring (bicyclic) bond motifs is 2. The summed E-state index contributed by atoms with van der Waals surface area (Å²) in [7, 11) is 1.58. The number of esters is 1.